The molecule has 0 spiro atoms. The summed E-state index contributed by atoms with van der Waals surface area (Å²) in [5, 5.41) is 0.883. The molecule has 0 atom stereocenters. The number of hydrogen-bond acceptors (Lipinski definition) is 4. The van der Waals surface area contributed by atoms with Crippen LogP contribution >= 0.6 is 23.2 Å². The van der Waals surface area contributed by atoms with E-state index in [1.807, 2.05) is 0 Å². The van der Waals surface area contributed by atoms with Crippen LogP contribution in [0.3, 0.4) is 0 Å². The minimum Gasteiger partial charge on any atom is -0.496 e. The summed E-state index contributed by atoms with van der Waals surface area (Å²) >= 11 is 11.8. The molecule has 0 fully saturated rings. The van der Waals surface area contributed by atoms with E-state index < -0.39 is 11.8 Å². The predicted octanol–water partition coefficient (Wildman–Crippen LogP) is 2.77. The molecule has 2 N–H and O–H groups in total. The van der Waals surface area contributed by atoms with Crippen LogP contribution in [-0.2, 0) is 16.0 Å². The minimum atomic E-state index is -0.522. The van der Waals surface area contributed by atoms with E-state index in [1.165, 1.54) is 7.11 Å². The first-order chi connectivity index (χ1) is 12.0. The number of carbonyl (C=O) groups is 2. The molecule has 0 saturated carbocycles. The molecular weight excluding hydrogens is 367 g/mol. The van der Waals surface area contributed by atoms with Crippen molar-refractivity contribution in [1.29, 1.82) is 0 Å². The van der Waals surface area contributed by atoms with Gasteiger partial charge in [0.1, 0.15) is 11.5 Å². The lowest BCUT2D eigenvalue weighted by Gasteiger charge is -2.11. The Morgan fingerprint density at radius 2 is 1.72 bits per heavy atom. The Labute approximate surface area is 155 Å². The first-order valence-electron chi connectivity index (χ1n) is 7.27. The molecule has 132 valence electrons. The molecule has 0 aliphatic carbocycles. The first-order valence-corrected chi connectivity index (χ1v) is 8.02. The van der Waals surface area contributed by atoms with Crippen molar-refractivity contribution in [2.45, 2.75) is 6.42 Å². The summed E-state index contributed by atoms with van der Waals surface area (Å²) in [4.78, 5) is 23.7. The molecule has 0 saturated heterocycles. The van der Waals surface area contributed by atoms with Crippen LogP contribution in [0.25, 0.3) is 0 Å². The fourth-order valence-corrected chi connectivity index (χ4v) is 2.37. The smallest absolute Gasteiger partial charge is 0.276 e. The van der Waals surface area contributed by atoms with E-state index in [0.717, 1.165) is 0 Å². The van der Waals surface area contributed by atoms with Gasteiger partial charge in [0.2, 0.25) is 5.91 Å². The van der Waals surface area contributed by atoms with Gasteiger partial charge in [0.25, 0.3) is 5.91 Å². The van der Waals surface area contributed by atoms with Crippen molar-refractivity contribution in [2.75, 3.05) is 13.7 Å². The highest BCUT2D eigenvalue weighted by Crippen LogP contribution is 2.23. The van der Waals surface area contributed by atoms with Crippen molar-refractivity contribution in [1.82, 2.24) is 10.9 Å². The predicted molar refractivity (Wildman–Crippen MR) is 94.9 cm³/mol. The van der Waals surface area contributed by atoms with Gasteiger partial charge in [0.05, 0.1) is 18.6 Å². The highest BCUT2D eigenvalue weighted by molar-refractivity contribution is 6.32. The molecule has 25 heavy (non-hydrogen) atoms. The lowest BCUT2D eigenvalue weighted by atomic mass is 10.1. The highest BCUT2D eigenvalue weighted by atomic mass is 35.5. The molecule has 6 nitrogen and oxygen atoms in total. The molecule has 0 heterocycles. The van der Waals surface area contributed by atoms with Gasteiger partial charge in [-0.05, 0) is 30.3 Å². The number of ether oxygens (including phenoxy) is 2. The van der Waals surface area contributed by atoms with Crippen LogP contribution in [0, 0.1) is 0 Å². The Bertz CT molecular complexity index is 768. The van der Waals surface area contributed by atoms with E-state index in [-0.39, 0.29) is 13.0 Å². The van der Waals surface area contributed by atoms with Crippen LogP contribution in [0.2, 0.25) is 10.0 Å². The summed E-state index contributed by atoms with van der Waals surface area (Å²) in [6.07, 6.45) is -0.00458. The zero-order valence-electron chi connectivity index (χ0n) is 13.3. The van der Waals surface area contributed by atoms with E-state index in [9.17, 15) is 9.59 Å². The maximum Gasteiger partial charge on any atom is 0.276 e. The van der Waals surface area contributed by atoms with Crippen LogP contribution in [-0.4, -0.2) is 25.5 Å². The van der Waals surface area contributed by atoms with Gasteiger partial charge in [0, 0.05) is 10.6 Å². The van der Waals surface area contributed by atoms with E-state index >= 15 is 0 Å². The molecule has 2 aromatic carbocycles. The van der Waals surface area contributed by atoms with Crippen LogP contribution < -0.4 is 20.3 Å². The number of rotatable bonds is 6. The second kappa shape index (κ2) is 9.15. The molecule has 0 aliphatic heterocycles. The third-order valence-corrected chi connectivity index (χ3v) is 3.68. The molecule has 0 radical (unpaired) electrons. The largest absolute Gasteiger partial charge is 0.496 e. The Hall–Kier alpha value is -2.44. The molecule has 8 heteroatoms. The van der Waals surface area contributed by atoms with E-state index in [2.05, 4.69) is 10.9 Å². The summed E-state index contributed by atoms with van der Waals surface area (Å²) in [7, 11) is 1.50. The number of nitrogens with one attached hydrogen (secondary N) is 2. The van der Waals surface area contributed by atoms with Gasteiger partial charge in [-0.15, -0.1) is 0 Å². The van der Waals surface area contributed by atoms with E-state index in [1.54, 1.807) is 42.5 Å². The van der Waals surface area contributed by atoms with Gasteiger partial charge in [-0.25, -0.2) is 0 Å². The Morgan fingerprint density at radius 3 is 2.44 bits per heavy atom. The zero-order chi connectivity index (χ0) is 18.2. The second-order valence-corrected chi connectivity index (χ2v) is 5.79. The van der Waals surface area contributed by atoms with Crippen molar-refractivity contribution < 1.29 is 19.1 Å². The van der Waals surface area contributed by atoms with Crippen LogP contribution in [0.4, 0.5) is 0 Å². The standard InChI is InChI=1S/C17H16Cl2N2O4/c1-24-14-7-6-12(18)8-11(14)9-16(22)20-21-17(23)10-25-15-5-3-2-4-13(15)19/h2-8H,9-10H2,1H3,(H,20,22)(H,21,23). The van der Waals surface area contributed by atoms with Crippen LogP contribution in [0.15, 0.2) is 42.5 Å². The summed E-state index contributed by atoms with van der Waals surface area (Å²) < 4.78 is 10.4. The van der Waals surface area contributed by atoms with Gasteiger partial charge in [0.15, 0.2) is 6.61 Å². The Balaban J connectivity index is 1.81. The average Bonchev–Trinajstić information content (AvgIpc) is 2.59. The fraction of sp³-hybridized carbons (Fsp3) is 0.176. The lowest BCUT2D eigenvalue weighted by molar-refractivity contribution is -0.129. The first kappa shape index (κ1) is 18.9. The third-order valence-electron chi connectivity index (χ3n) is 3.13. The average molecular weight is 383 g/mol. The molecule has 0 aliphatic rings. The summed E-state index contributed by atoms with van der Waals surface area (Å²) in [6.45, 7) is -0.287. The number of para-hydroxylation sites is 1. The number of carbonyl (C=O) groups excluding carboxylic acids is 2. The summed E-state index contributed by atoms with van der Waals surface area (Å²) in [5.74, 6) is -0.0276. The second-order valence-electron chi connectivity index (χ2n) is 4.95. The lowest BCUT2D eigenvalue weighted by Crippen LogP contribution is -2.44. The monoisotopic (exact) mass is 382 g/mol. The third kappa shape index (κ3) is 5.85. The normalized spacial score (nSPS) is 10.0. The van der Waals surface area contributed by atoms with Gasteiger partial charge in [-0.2, -0.15) is 0 Å². The van der Waals surface area contributed by atoms with Crippen molar-refractivity contribution in [2.24, 2.45) is 0 Å². The number of amides is 2. The fourth-order valence-electron chi connectivity index (χ4n) is 1.98. The van der Waals surface area contributed by atoms with E-state index in [0.29, 0.717) is 27.1 Å². The SMILES string of the molecule is COc1ccc(Cl)cc1CC(=O)NNC(=O)COc1ccccc1Cl. The molecule has 0 bridgehead atoms. The molecule has 0 aromatic heterocycles. The number of hydrazine groups is 1. The number of methoxy groups -OCH3 is 1. The molecule has 2 amide bonds. The van der Waals surface area contributed by atoms with Gasteiger partial charge >= 0.3 is 0 Å². The van der Waals surface area contributed by atoms with Gasteiger partial charge < -0.3 is 9.47 Å². The quantitative estimate of drug-likeness (QED) is 0.753. The molecular formula is C17H16Cl2N2O4. The molecule has 2 aromatic rings. The van der Waals surface area contributed by atoms with Crippen molar-refractivity contribution in [3.05, 3.63) is 58.1 Å². The van der Waals surface area contributed by atoms with Gasteiger partial charge in [-0.1, -0.05) is 35.3 Å². The maximum atomic E-state index is 11.9. The topological polar surface area (TPSA) is 76.7 Å². The summed E-state index contributed by atoms with van der Waals surface area (Å²) in [5.41, 5.74) is 5.17. The zero-order valence-corrected chi connectivity index (χ0v) is 14.9. The maximum absolute atomic E-state index is 11.9. The van der Waals surface area contributed by atoms with Crippen molar-refractivity contribution in [3.8, 4) is 11.5 Å². The van der Waals surface area contributed by atoms with E-state index in [4.69, 9.17) is 32.7 Å². The van der Waals surface area contributed by atoms with Crippen LogP contribution in [0.1, 0.15) is 5.56 Å². The number of benzene rings is 2. The molecule has 2 rings (SSSR count). The highest BCUT2D eigenvalue weighted by Gasteiger charge is 2.11. The molecule has 0 unspecified atom stereocenters. The Morgan fingerprint density at radius 1 is 1.00 bits per heavy atom. The minimum absolute atomic E-state index is 0.00458. The van der Waals surface area contributed by atoms with Crippen LogP contribution in [0.5, 0.6) is 11.5 Å². The summed E-state index contributed by atoms with van der Waals surface area (Å²) in [6, 6.07) is 11.7. The van der Waals surface area contributed by atoms with Gasteiger partial charge in [-0.3, -0.25) is 20.4 Å². The number of hydrogen-bond donors (Lipinski definition) is 2. The van der Waals surface area contributed by atoms with Crippen molar-refractivity contribution >= 4 is 35.0 Å². The van der Waals surface area contributed by atoms with Crippen molar-refractivity contribution in [3.63, 3.8) is 0 Å². The number of halogens is 2. The Kier molecular flexibility index (Phi) is 6.91.